The van der Waals surface area contributed by atoms with Crippen molar-refractivity contribution in [3.63, 3.8) is 0 Å². The van der Waals surface area contributed by atoms with E-state index in [2.05, 4.69) is 0 Å². The Morgan fingerprint density at radius 3 is 2.75 bits per heavy atom. The number of nitrogens with two attached hydrogens (primary N) is 1. The molecular weight excluding hydrogens is 224 g/mol. The zero-order valence-corrected chi connectivity index (χ0v) is 10.8. The van der Waals surface area contributed by atoms with Crippen molar-refractivity contribution in [1.82, 2.24) is 4.90 Å². The predicted molar refractivity (Wildman–Crippen MR) is 67.2 cm³/mol. The molecule has 1 amide bonds. The van der Waals surface area contributed by atoms with Crippen molar-refractivity contribution in [2.24, 2.45) is 11.7 Å². The molecule has 0 radical (unpaired) electrons. The highest BCUT2D eigenvalue weighted by molar-refractivity contribution is 7.80. The molecule has 16 heavy (non-hydrogen) atoms. The molecule has 0 bridgehead atoms. The van der Waals surface area contributed by atoms with Gasteiger partial charge in [0.15, 0.2) is 0 Å². The average Bonchev–Trinajstić information content (AvgIpc) is 2.25. The lowest BCUT2D eigenvalue weighted by molar-refractivity contribution is -0.140. The van der Waals surface area contributed by atoms with Gasteiger partial charge in [0.2, 0.25) is 5.91 Å². The number of thiocarbonyl (C=S) groups is 1. The minimum atomic E-state index is -0.0227. The molecule has 1 atom stereocenters. The van der Waals surface area contributed by atoms with Gasteiger partial charge >= 0.3 is 0 Å². The fourth-order valence-corrected chi connectivity index (χ4v) is 1.99. The molecule has 1 saturated heterocycles. The maximum absolute atomic E-state index is 12.2. The fourth-order valence-electron chi connectivity index (χ4n) is 1.85. The van der Waals surface area contributed by atoms with Crippen LogP contribution in [0, 0.1) is 5.92 Å². The second-order valence-corrected chi connectivity index (χ2v) is 4.96. The first-order valence-electron chi connectivity index (χ1n) is 5.69. The van der Waals surface area contributed by atoms with Crippen molar-refractivity contribution < 1.29 is 9.53 Å². The van der Waals surface area contributed by atoms with Crippen molar-refractivity contribution >= 4 is 23.1 Å². The summed E-state index contributed by atoms with van der Waals surface area (Å²) in [6.45, 7) is 5.60. The molecule has 5 heteroatoms. The largest absolute Gasteiger partial charge is 0.392 e. The van der Waals surface area contributed by atoms with Crippen molar-refractivity contribution in [1.29, 1.82) is 0 Å². The molecule has 1 fully saturated rings. The lowest BCUT2D eigenvalue weighted by Gasteiger charge is -2.31. The van der Waals surface area contributed by atoms with Gasteiger partial charge in [0.05, 0.1) is 24.1 Å². The molecule has 92 valence electrons. The van der Waals surface area contributed by atoms with E-state index < -0.39 is 0 Å². The molecule has 1 heterocycles. The van der Waals surface area contributed by atoms with Crippen LogP contribution in [-0.4, -0.2) is 41.6 Å². The van der Waals surface area contributed by atoms with E-state index in [1.807, 2.05) is 13.8 Å². The summed E-state index contributed by atoms with van der Waals surface area (Å²) in [5.41, 5.74) is 5.50. The van der Waals surface area contributed by atoms with Crippen LogP contribution in [0.3, 0.4) is 0 Å². The van der Waals surface area contributed by atoms with Gasteiger partial charge in [-0.25, -0.2) is 0 Å². The molecule has 1 aliphatic heterocycles. The van der Waals surface area contributed by atoms with Crippen molar-refractivity contribution in [3.05, 3.63) is 0 Å². The molecule has 0 spiro atoms. The third kappa shape index (κ3) is 3.72. The van der Waals surface area contributed by atoms with E-state index in [1.165, 1.54) is 0 Å². The molecule has 4 nitrogen and oxygen atoms in total. The zero-order chi connectivity index (χ0) is 12.1. The normalized spacial score (nSPS) is 20.8. The SMILES string of the molecule is CC(C)N(CC(N)=S)C(=O)C1CCCOC1. The van der Waals surface area contributed by atoms with Gasteiger partial charge in [0.1, 0.15) is 0 Å². The summed E-state index contributed by atoms with van der Waals surface area (Å²) < 4.78 is 5.33. The monoisotopic (exact) mass is 244 g/mol. The molecule has 2 N–H and O–H groups in total. The molecule has 1 aliphatic rings. The summed E-state index contributed by atoms with van der Waals surface area (Å²) in [6, 6.07) is 0.121. The molecule has 0 aromatic carbocycles. The maximum Gasteiger partial charge on any atom is 0.228 e. The lowest BCUT2D eigenvalue weighted by Crippen LogP contribution is -2.46. The van der Waals surface area contributed by atoms with Gasteiger partial charge in [-0.15, -0.1) is 0 Å². The smallest absolute Gasteiger partial charge is 0.228 e. The minimum absolute atomic E-state index is 0.0227. The summed E-state index contributed by atoms with van der Waals surface area (Å²) in [7, 11) is 0. The van der Waals surface area contributed by atoms with Crippen LogP contribution in [0.2, 0.25) is 0 Å². The van der Waals surface area contributed by atoms with E-state index in [0.29, 0.717) is 18.1 Å². The Kier molecular flexibility index (Phi) is 5.15. The Balaban J connectivity index is 2.61. The molecule has 0 saturated carbocycles. The van der Waals surface area contributed by atoms with Crippen molar-refractivity contribution in [3.8, 4) is 0 Å². The predicted octanol–water partition coefficient (Wildman–Crippen LogP) is 0.936. The Morgan fingerprint density at radius 2 is 2.31 bits per heavy atom. The number of hydrogen-bond donors (Lipinski definition) is 1. The highest BCUT2D eigenvalue weighted by Crippen LogP contribution is 2.17. The summed E-state index contributed by atoms with van der Waals surface area (Å²) >= 11 is 4.86. The highest BCUT2D eigenvalue weighted by Gasteiger charge is 2.28. The van der Waals surface area contributed by atoms with E-state index in [-0.39, 0.29) is 17.9 Å². The molecule has 0 aliphatic carbocycles. The zero-order valence-electron chi connectivity index (χ0n) is 9.94. The van der Waals surface area contributed by atoms with E-state index in [0.717, 1.165) is 19.4 Å². The topological polar surface area (TPSA) is 55.6 Å². The Hall–Kier alpha value is -0.680. The lowest BCUT2D eigenvalue weighted by atomic mass is 10.00. The Morgan fingerprint density at radius 1 is 1.62 bits per heavy atom. The molecule has 1 unspecified atom stereocenters. The van der Waals surface area contributed by atoms with E-state index in [4.69, 9.17) is 22.7 Å². The first kappa shape index (κ1) is 13.4. The summed E-state index contributed by atoms with van der Waals surface area (Å²) in [5, 5.41) is 0. The highest BCUT2D eigenvalue weighted by atomic mass is 32.1. The average molecular weight is 244 g/mol. The van der Waals surface area contributed by atoms with Crippen LogP contribution in [0.25, 0.3) is 0 Å². The third-order valence-corrected chi connectivity index (χ3v) is 2.87. The first-order valence-corrected chi connectivity index (χ1v) is 6.09. The minimum Gasteiger partial charge on any atom is -0.392 e. The van der Waals surface area contributed by atoms with Crippen molar-refractivity contribution in [2.75, 3.05) is 19.8 Å². The maximum atomic E-state index is 12.2. The number of carbonyl (C=O) groups excluding carboxylic acids is 1. The van der Waals surface area contributed by atoms with Crippen LogP contribution in [-0.2, 0) is 9.53 Å². The standard InChI is InChI=1S/C11H20N2O2S/c1-8(2)13(6-10(12)16)11(14)9-4-3-5-15-7-9/h8-9H,3-7H2,1-2H3,(H2,12,16). The number of amides is 1. The van der Waals surface area contributed by atoms with Gasteiger partial charge < -0.3 is 15.4 Å². The van der Waals surface area contributed by atoms with Crippen LogP contribution in [0.1, 0.15) is 26.7 Å². The van der Waals surface area contributed by atoms with E-state index >= 15 is 0 Å². The molecule has 0 aromatic heterocycles. The third-order valence-electron chi connectivity index (χ3n) is 2.74. The van der Waals surface area contributed by atoms with Gasteiger partial charge in [0.25, 0.3) is 0 Å². The summed E-state index contributed by atoms with van der Waals surface area (Å²) in [5.74, 6) is 0.0907. The number of nitrogens with zero attached hydrogens (tertiary/aromatic N) is 1. The van der Waals surface area contributed by atoms with Gasteiger partial charge in [-0.2, -0.15) is 0 Å². The van der Waals surface area contributed by atoms with Gasteiger partial charge in [-0.1, -0.05) is 12.2 Å². The Labute approximate surface area is 102 Å². The summed E-state index contributed by atoms with van der Waals surface area (Å²) in [6.07, 6.45) is 1.86. The van der Waals surface area contributed by atoms with Crippen LogP contribution >= 0.6 is 12.2 Å². The second-order valence-electron chi connectivity index (χ2n) is 4.44. The van der Waals surface area contributed by atoms with E-state index in [1.54, 1.807) is 4.90 Å². The molecule has 0 aromatic rings. The quantitative estimate of drug-likeness (QED) is 0.748. The second kappa shape index (κ2) is 6.15. The van der Waals surface area contributed by atoms with Crippen LogP contribution < -0.4 is 5.73 Å². The number of carbonyl (C=O) groups is 1. The van der Waals surface area contributed by atoms with Gasteiger partial charge in [-0.05, 0) is 26.7 Å². The Bertz CT molecular complexity index is 263. The number of hydrogen-bond acceptors (Lipinski definition) is 3. The van der Waals surface area contributed by atoms with Gasteiger partial charge in [-0.3, -0.25) is 4.79 Å². The van der Waals surface area contributed by atoms with Crippen LogP contribution in [0.5, 0.6) is 0 Å². The van der Waals surface area contributed by atoms with Gasteiger partial charge in [0, 0.05) is 12.6 Å². The van der Waals surface area contributed by atoms with E-state index in [9.17, 15) is 4.79 Å². The van der Waals surface area contributed by atoms with Crippen LogP contribution in [0.4, 0.5) is 0 Å². The van der Waals surface area contributed by atoms with Crippen molar-refractivity contribution in [2.45, 2.75) is 32.7 Å². The van der Waals surface area contributed by atoms with Crippen LogP contribution in [0.15, 0.2) is 0 Å². The fraction of sp³-hybridized carbons (Fsp3) is 0.818. The molecule has 1 rings (SSSR count). The molecular formula is C11H20N2O2S. The first-order chi connectivity index (χ1) is 7.52. The number of ether oxygens (including phenoxy) is 1. The number of rotatable bonds is 4. The summed E-state index contributed by atoms with van der Waals surface area (Å²) in [4.78, 5) is 14.3.